The number of hydrogen-bond acceptors (Lipinski definition) is 7. The van der Waals surface area contributed by atoms with Crippen LogP contribution in [0.4, 0.5) is 5.69 Å². The molecule has 0 unspecified atom stereocenters. The summed E-state index contributed by atoms with van der Waals surface area (Å²) in [5, 5.41) is 30.5. The predicted molar refractivity (Wildman–Crippen MR) is 75.3 cm³/mol. The van der Waals surface area contributed by atoms with Crippen molar-refractivity contribution >= 4 is 11.7 Å². The van der Waals surface area contributed by atoms with Gasteiger partial charge in [-0.3, -0.25) is 10.1 Å². The normalized spacial score (nSPS) is 23.9. The van der Waals surface area contributed by atoms with Crippen LogP contribution in [0.5, 0.6) is 0 Å². The first-order valence-corrected chi connectivity index (χ1v) is 6.79. The summed E-state index contributed by atoms with van der Waals surface area (Å²) in [4.78, 5) is 27.5. The summed E-state index contributed by atoms with van der Waals surface area (Å²) in [5.41, 5.74) is -1.57. The highest BCUT2D eigenvalue weighted by Gasteiger charge is 2.58. The van der Waals surface area contributed by atoms with E-state index in [1.807, 2.05) is 12.1 Å². The Morgan fingerprint density at radius 3 is 2.52 bits per heavy atom. The van der Waals surface area contributed by atoms with Crippen molar-refractivity contribution < 1.29 is 14.6 Å². The zero-order valence-corrected chi connectivity index (χ0v) is 11.7. The molecular formula is C15H10N4O4. The summed E-state index contributed by atoms with van der Waals surface area (Å²) in [6.07, 6.45) is 4.11. The monoisotopic (exact) mass is 310 g/mol. The highest BCUT2D eigenvalue weighted by molar-refractivity contribution is 5.89. The van der Waals surface area contributed by atoms with E-state index in [4.69, 9.17) is 4.84 Å². The second kappa shape index (κ2) is 5.20. The Morgan fingerprint density at radius 1 is 1.30 bits per heavy atom. The third kappa shape index (κ3) is 2.13. The molecule has 2 atom stereocenters. The average molecular weight is 310 g/mol. The maximum Gasteiger partial charge on any atom is 0.357 e. The maximum absolute atomic E-state index is 12.2. The number of non-ortho nitro benzene ring substituents is 1. The maximum atomic E-state index is 12.2. The van der Waals surface area contributed by atoms with Gasteiger partial charge in [0.05, 0.1) is 16.5 Å². The highest BCUT2D eigenvalue weighted by atomic mass is 16.7. The van der Waals surface area contributed by atoms with Gasteiger partial charge in [0.15, 0.2) is 0 Å². The summed E-state index contributed by atoms with van der Waals surface area (Å²) < 4.78 is 0. The Balaban J connectivity index is 1.83. The average Bonchev–Trinajstić information content (AvgIpc) is 3.15. The molecule has 8 heteroatoms. The Labute approximate surface area is 130 Å². The predicted octanol–water partition coefficient (Wildman–Crippen LogP) is 1.71. The largest absolute Gasteiger partial charge is 0.361 e. The van der Waals surface area contributed by atoms with E-state index in [0.29, 0.717) is 6.42 Å². The van der Waals surface area contributed by atoms with Gasteiger partial charge in [0.25, 0.3) is 5.69 Å². The van der Waals surface area contributed by atoms with Gasteiger partial charge in [-0.1, -0.05) is 17.2 Å². The van der Waals surface area contributed by atoms with Crippen molar-refractivity contribution in [2.24, 2.45) is 5.92 Å². The topological polar surface area (TPSA) is 120 Å². The first kappa shape index (κ1) is 14.7. The zero-order valence-electron chi connectivity index (χ0n) is 11.7. The van der Waals surface area contributed by atoms with Crippen LogP contribution in [-0.4, -0.2) is 27.5 Å². The number of nitriles is 2. The van der Waals surface area contributed by atoms with E-state index in [0.717, 1.165) is 5.06 Å². The lowest BCUT2D eigenvalue weighted by molar-refractivity contribution is -0.384. The van der Waals surface area contributed by atoms with Crippen LogP contribution in [0.3, 0.4) is 0 Å². The molecule has 0 amide bonds. The first-order valence-electron chi connectivity index (χ1n) is 6.79. The fraction of sp³-hybridized carbons (Fsp3) is 0.267. The number of hydroxylamine groups is 2. The van der Waals surface area contributed by atoms with E-state index in [1.165, 1.54) is 24.3 Å². The Kier molecular flexibility index (Phi) is 3.32. The standard InChI is InChI=1S/C15H10N4O4/c16-8-15(9-17)11-3-6-13(7-11)18(15)23-14(20)10-1-4-12(5-2-10)19(21)22/h1-6,11,13H,7H2/t11-,13+/m0/s1. The molecule has 3 rings (SSSR count). The molecule has 1 fully saturated rings. The molecular weight excluding hydrogens is 300 g/mol. The molecule has 0 spiro atoms. The molecule has 1 saturated heterocycles. The van der Waals surface area contributed by atoms with E-state index in [-0.39, 0.29) is 23.2 Å². The molecule has 0 N–H and O–H groups in total. The van der Waals surface area contributed by atoms with Crippen LogP contribution in [0.1, 0.15) is 16.8 Å². The molecule has 1 aromatic rings. The first-order chi connectivity index (χ1) is 11.0. The van der Waals surface area contributed by atoms with Gasteiger partial charge in [-0.2, -0.15) is 10.5 Å². The highest BCUT2D eigenvalue weighted by Crippen LogP contribution is 2.44. The van der Waals surface area contributed by atoms with E-state index in [2.05, 4.69) is 0 Å². The van der Waals surface area contributed by atoms with Gasteiger partial charge >= 0.3 is 5.97 Å². The molecule has 2 bridgehead atoms. The van der Waals surface area contributed by atoms with E-state index in [1.54, 1.807) is 12.2 Å². The summed E-state index contributed by atoms with van der Waals surface area (Å²) >= 11 is 0. The van der Waals surface area contributed by atoms with Crippen LogP contribution in [-0.2, 0) is 4.84 Å². The van der Waals surface area contributed by atoms with Crippen LogP contribution in [0.25, 0.3) is 0 Å². The van der Waals surface area contributed by atoms with Gasteiger partial charge in [0.2, 0.25) is 5.54 Å². The van der Waals surface area contributed by atoms with Crippen LogP contribution in [0, 0.1) is 38.7 Å². The molecule has 1 heterocycles. The van der Waals surface area contributed by atoms with Crippen molar-refractivity contribution in [3.05, 3.63) is 52.1 Å². The Hall–Kier alpha value is -3.23. The van der Waals surface area contributed by atoms with Crippen molar-refractivity contribution in [2.45, 2.75) is 18.0 Å². The van der Waals surface area contributed by atoms with E-state index in [9.17, 15) is 25.4 Å². The van der Waals surface area contributed by atoms with Crippen LogP contribution in [0.15, 0.2) is 36.4 Å². The zero-order chi connectivity index (χ0) is 16.6. The van der Waals surface area contributed by atoms with Crippen molar-refractivity contribution in [1.29, 1.82) is 10.5 Å². The fourth-order valence-corrected chi connectivity index (χ4v) is 2.88. The van der Waals surface area contributed by atoms with Gasteiger partial charge in [0, 0.05) is 18.1 Å². The van der Waals surface area contributed by atoms with Gasteiger partial charge in [-0.15, -0.1) is 0 Å². The van der Waals surface area contributed by atoms with Gasteiger partial charge < -0.3 is 4.84 Å². The van der Waals surface area contributed by atoms with Gasteiger partial charge in [-0.05, 0) is 18.6 Å². The summed E-state index contributed by atoms with van der Waals surface area (Å²) in [7, 11) is 0. The number of hydrogen-bond donors (Lipinski definition) is 0. The summed E-state index contributed by atoms with van der Waals surface area (Å²) in [6, 6.07) is 8.47. The van der Waals surface area contributed by atoms with Crippen LogP contribution >= 0.6 is 0 Å². The second-order valence-electron chi connectivity index (χ2n) is 5.29. The van der Waals surface area contributed by atoms with Crippen molar-refractivity contribution in [1.82, 2.24) is 5.06 Å². The van der Waals surface area contributed by atoms with Gasteiger partial charge in [-0.25, -0.2) is 4.79 Å². The van der Waals surface area contributed by atoms with E-state index < -0.39 is 16.4 Å². The molecule has 2 aliphatic rings. The molecule has 1 aliphatic heterocycles. The number of nitro groups is 1. The smallest absolute Gasteiger partial charge is 0.357 e. The Bertz CT molecular complexity index is 773. The number of nitro benzene ring substituents is 1. The Morgan fingerprint density at radius 2 is 1.96 bits per heavy atom. The minimum Gasteiger partial charge on any atom is -0.361 e. The molecule has 1 aromatic carbocycles. The number of benzene rings is 1. The minimum absolute atomic E-state index is 0.104. The molecule has 8 nitrogen and oxygen atoms in total. The molecule has 0 radical (unpaired) electrons. The van der Waals surface area contributed by atoms with Crippen LogP contribution in [0.2, 0.25) is 0 Å². The minimum atomic E-state index is -1.53. The fourth-order valence-electron chi connectivity index (χ4n) is 2.88. The quantitative estimate of drug-likeness (QED) is 0.473. The van der Waals surface area contributed by atoms with Crippen molar-refractivity contribution in [3.8, 4) is 12.1 Å². The summed E-state index contributed by atoms with van der Waals surface area (Å²) in [5.74, 6) is -1.08. The summed E-state index contributed by atoms with van der Waals surface area (Å²) in [6.45, 7) is 0. The number of rotatable bonds is 3. The van der Waals surface area contributed by atoms with Crippen molar-refractivity contribution in [3.63, 3.8) is 0 Å². The molecule has 114 valence electrons. The lowest BCUT2D eigenvalue weighted by Gasteiger charge is -2.31. The number of fused-ring (bicyclic) bond motifs is 2. The molecule has 0 aromatic heterocycles. The second-order valence-corrected chi connectivity index (χ2v) is 5.29. The van der Waals surface area contributed by atoms with Gasteiger partial charge in [0.1, 0.15) is 12.1 Å². The third-order valence-electron chi connectivity index (χ3n) is 4.08. The van der Waals surface area contributed by atoms with E-state index >= 15 is 0 Å². The molecule has 23 heavy (non-hydrogen) atoms. The lowest BCUT2D eigenvalue weighted by atomic mass is 9.89. The molecule has 1 aliphatic carbocycles. The number of carbonyl (C=O) groups excluding carboxylic acids is 1. The number of carbonyl (C=O) groups is 1. The SMILES string of the molecule is N#CC1(C#N)[C@H]2C=C[C@H](C2)N1OC(=O)c1ccc([N+](=O)[O-])cc1. The number of nitrogens with zero attached hydrogens (tertiary/aromatic N) is 4. The third-order valence-corrected chi connectivity index (χ3v) is 4.08. The lowest BCUT2D eigenvalue weighted by Crippen LogP contribution is -2.50. The molecule has 0 saturated carbocycles. The van der Waals surface area contributed by atoms with Crippen LogP contribution < -0.4 is 0 Å². The van der Waals surface area contributed by atoms with Crippen molar-refractivity contribution in [2.75, 3.05) is 0 Å².